The van der Waals surface area contributed by atoms with Crippen LogP contribution >= 0.6 is 0 Å². The van der Waals surface area contributed by atoms with Gasteiger partial charge in [-0.3, -0.25) is 0 Å². The van der Waals surface area contributed by atoms with Gasteiger partial charge in [0.2, 0.25) is 0 Å². The minimum atomic E-state index is -0.386. The highest BCUT2D eigenvalue weighted by atomic mass is 16.3. The van der Waals surface area contributed by atoms with Crippen LogP contribution in [0.3, 0.4) is 0 Å². The van der Waals surface area contributed by atoms with Gasteiger partial charge in [-0.15, -0.1) is 5.10 Å². The minimum Gasteiger partial charge on any atom is -0.391 e. The van der Waals surface area contributed by atoms with Crippen molar-refractivity contribution in [2.45, 2.75) is 44.4 Å². The van der Waals surface area contributed by atoms with Crippen molar-refractivity contribution in [2.24, 2.45) is 0 Å². The van der Waals surface area contributed by atoms with Crippen molar-refractivity contribution in [2.75, 3.05) is 5.32 Å². The van der Waals surface area contributed by atoms with E-state index in [9.17, 15) is 5.11 Å². The van der Waals surface area contributed by atoms with E-state index >= 15 is 0 Å². The van der Waals surface area contributed by atoms with Gasteiger partial charge in [-0.1, -0.05) is 78.7 Å². The maximum Gasteiger partial charge on any atom is 0.184 e. The summed E-state index contributed by atoms with van der Waals surface area (Å²) in [6.07, 6.45) is 3.48. The Morgan fingerprint density at radius 3 is 2.43 bits per heavy atom. The molecule has 4 aromatic rings. The number of hydrogen-bond acceptors (Lipinski definition) is 6. The normalized spacial score (nSPS) is 19.1. The monoisotopic (exact) mass is 400 g/mol. The maximum absolute atomic E-state index is 10.4. The zero-order valence-corrected chi connectivity index (χ0v) is 16.6. The van der Waals surface area contributed by atoms with Gasteiger partial charge < -0.3 is 10.4 Å². The summed E-state index contributed by atoms with van der Waals surface area (Å²) in [5.74, 6) is 1.25. The Hall–Kier alpha value is -3.32. The first-order valence-corrected chi connectivity index (χ1v) is 10.4. The Bertz CT molecular complexity index is 1130. The van der Waals surface area contributed by atoms with Crippen LogP contribution < -0.4 is 5.32 Å². The van der Waals surface area contributed by atoms with Crippen LogP contribution in [0.5, 0.6) is 0 Å². The topological polar surface area (TPSA) is 88.8 Å². The van der Waals surface area contributed by atoms with Crippen molar-refractivity contribution in [1.82, 2.24) is 25.0 Å². The molecule has 0 aliphatic heterocycles. The van der Waals surface area contributed by atoms with Crippen LogP contribution in [0, 0.1) is 0 Å². The number of aliphatic hydroxyl groups is 1. The highest BCUT2D eigenvalue weighted by Gasteiger charge is 2.25. The Morgan fingerprint density at radius 2 is 1.67 bits per heavy atom. The molecule has 0 amide bonds. The molecule has 0 spiro atoms. The van der Waals surface area contributed by atoms with Crippen molar-refractivity contribution in [3.05, 3.63) is 66.2 Å². The lowest BCUT2D eigenvalue weighted by atomic mass is 9.92. The van der Waals surface area contributed by atoms with Gasteiger partial charge in [0, 0.05) is 5.56 Å². The molecule has 7 heteroatoms. The number of rotatable bonds is 5. The number of nitrogens with zero attached hydrogens (tertiary/aromatic N) is 5. The molecule has 2 N–H and O–H groups in total. The quantitative estimate of drug-likeness (QED) is 0.532. The third-order valence-corrected chi connectivity index (χ3v) is 5.62. The summed E-state index contributed by atoms with van der Waals surface area (Å²) in [6.45, 7) is 0.577. The average Bonchev–Trinajstić information content (AvgIpc) is 3.19. The third-order valence-electron chi connectivity index (χ3n) is 5.62. The standard InChI is InChI=1S/C23H24N6O/c30-19-14-8-7-13-18(19)24-22-20-23(26-21(25-22)17-11-5-2-6-12-17)29(28-27-20)15-16-9-3-1-4-10-16/h1-6,9-12,18-19,30H,7-8,13-15H2,(H,24,25,26)/t18-,19-/m0/s1. The Kier molecular flexibility index (Phi) is 5.11. The number of fused-ring (bicyclic) bond motifs is 1. The highest BCUT2D eigenvalue weighted by Crippen LogP contribution is 2.27. The van der Waals surface area contributed by atoms with E-state index in [1.807, 2.05) is 48.5 Å². The van der Waals surface area contributed by atoms with Gasteiger partial charge in [-0.2, -0.15) is 0 Å². The first-order valence-electron chi connectivity index (χ1n) is 10.4. The number of nitrogens with one attached hydrogen (secondary N) is 1. The molecule has 1 saturated carbocycles. The molecular formula is C23H24N6O. The number of anilines is 1. The molecule has 152 valence electrons. The van der Waals surface area contributed by atoms with Gasteiger partial charge in [0.05, 0.1) is 18.7 Å². The van der Waals surface area contributed by atoms with E-state index in [2.05, 4.69) is 27.8 Å². The van der Waals surface area contributed by atoms with E-state index < -0.39 is 0 Å². The van der Waals surface area contributed by atoms with E-state index in [1.54, 1.807) is 4.68 Å². The molecule has 0 saturated heterocycles. The molecule has 1 aliphatic rings. The zero-order valence-electron chi connectivity index (χ0n) is 16.6. The van der Waals surface area contributed by atoms with E-state index in [1.165, 1.54) is 0 Å². The largest absolute Gasteiger partial charge is 0.391 e. The first kappa shape index (κ1) is 18.7. The summed E-state index contributed by atoms with van der Waals surface area (Å²) in [5.41, 5.74) is 3.37. The van der Waals surface area contributed by atoms with Crippen LogP contribution in [0.4, 0.5) is 5.82 Å². The molecule has 2 heterocycles. The van der Waals surface area contributed by atoms with Crippen molar-refractivity contribution in [3.63, 3.8) is 0 Å². The van der Waals surface area contributed by atoms with E-state index in [-0.39, 0.29) is 12.1 Å². The van der Waals surface area contributed by atoms with Gasteiger partial charge >= 0.3 is 0 Å². The molecule has 1 aliphatic carbocycles. The van der Waals surface area contributed by atoms with Crippen molar-refractivity contribution in [3.8, 4) is 11.4 Å². The number of aromatic nitrogens is 5. The SMILES string of the molecule is O[C@H]1CCCC[C@@H]1Nc1nc(-c2ccccc2)nc2c1nnn2Cc1ccccc1. The Balaban J connectivity index is 1.59. The maximum atomic E-state index is 10.4. The average molecular weight is 400 g/mol. The van der Waals surface area contributed by atoms with Crippen LogP contribution in [0.25, 0.3) is 22.6 Å². The Labute approximate surface area is 174 Å². The second kappa shape index (κ2) is 8.20. The summed E-state index contributed by atoms with van der Waals surface area (Å²) in [5, 5.41) is 22.6. The lowest BCUT2D eigenvalue weighted by molar-refractivity contribution is 0.116. The molecule has 0 radical (unpaired) electrons. The lowest BCUT2D eigenvalue weighted by Crippen LogP contribution is -2.36. The molecule has 0 unspecified atom stereocenters. The van der Waals surface area contributed by atoms with Gasteiger partial charge in [0.15, 0.2) is 22.8 Å². The second-order valence-electron chi connectivity index (χ2n) is 7.77. The molecule has 2 aromatic carbocycles. The second-order valence-corrected chi connectivity index (χ2v) is 7.77. The number of hydrogen-bond donors (Lipinski definition) is 2. The fourth-order valence-electron chi connectivity index (χ4n) is 3.99. The fraction of sp³-hybridized carbons (Fsp3) is 0.304. The molecule has 0 bridgehead atoms. The molecule has 1 fully saturated rings. The zero-order chi connectivity index (χ0) is 20.3. The van der Waals surface area contributed by atoms with Crippen LogP contribution in [0.2, 0.25) is 0 Å². The van der Waals surface area contributed by atoms with Crippen molar-refractivity contribution >= 4 is 17.0 Å². The molecule has 2 atom stereocenters. The smallest absolute Gasteiger partial charge is 0.184 e. The van der Waals surface area contributed by atoms with Gasteiger partial charge in [0.1, 0.15) is 0 Å². The summed E-state index contributed by atoms with van der Waals surface area (Å²) < 4.78 is 1.81. The van der Waals surface area contributed by atoms with E-state index in [0.29, 0.717) is 29.4 Å². The van der Waals surface area contributed by atoms with Crippen LogP contribution in [0.15, 0.2) is 60.7 Å². The Morgan fingerprint density at radius 1 is 0.933 bits per heavy atom. The summed E-state index contributed by atoms with van der Waals surface area (Å²) in [6, 6.07) is 20.0. The van der Waals surface area contributed by atoms with Gasteiger partial charge in [-0.25, -0.2) is 14.6 Å². The van der Waals surface area contributed by atoms with E-state index in [4.69, 9.17) is 9.97 Å². The molecular weight excluding hydrogens is 376 g/mol. The van der Waals surface area contributed by atoms with E-state index in [0.717, 1.165) is 36.8 Å². The first-order chi connectivity index (χ1) is 14.8. The number of benzene rings is 2. The van der Waals surface area contributed by atoms with Crippen LogP contribution in [0.1, 0.15) is 31.2 Å². The predicted octanol–water partition coefficient (Wildman–Crippen LogP) is 3.65. The summed E-state index contributed by atoms with van der Waals surface area (Å²) in [4.78, 5) is 9.57. The molecule has 2 aromatic heterocycles. The summed E-state index contributed by atoms with van der Waals surface area (Å²) in [7, 11) is 0. The predicted molar refractivity (Wildman–Crippen MR) is 116 cm³/mol. The minimum absolute atomic E-state index is 0.0419. The van der Waals surface area contributed by atoms with Gasteiger partial charge in [0.25, 0.3) is 0 Å². The van der Waals surface area contributed by atoms with Crippen LogP contribution in [-0.2, 0) is 6.54 Å². The highest BCUT2D eigenvalue weighted by molar-refractivity contribution is 5.84. The number of aliphatic hydroxyl groups excluding tert-OH is 1. The summed E-state index contributed by atoms with van der Waals surface area (Å²) >= 11 is 0. The lowest BCUT2D eigenvalue weighted by Gasteiger charge is -2.28. The fourth-order valence-corrected chi connectivity index (χ4v) is 3.99. The molecule has 7 nitrogen and oxygen atoms in total. The molecule has 5 rings (SSSR count). The van der Waals surface area contributed by atoms with Crippen molar-refractivity contribution in [1.29, 1.82) is 0 Å². The van der Waals surface area contributed by atoms with Gasteiger partial charge in [-0.05, 0) is 18.4 Å². The third kappa shape index (κ3) is 3.76. The molecule has 30 heavy (non-hydrogen) atoms. The van der Waals surface area contributed by atoms with Crippen LogP contribution in [-0.4, -0.2) is 42.2 Å². The van der Waals surface area contributed by atoms with Crippen molar-refractivity contribution < 1.29 is 5.11 Å².